The van der Waals surface area contributed by atoms with Gasteiger partial charge in [-0.2, -0.15) is 0 Å². The molecule has 0 saturated heterocycles. The van der Waals surface area contributed by atoms with Crippen molar-refractivity contribution in [3.8, 4) is 0 Å². The summed E-state index contributed by atoms with van der Waals surface area (Å²) in [6.07, 6.45) is 3.38. The van der Waals surface area contributed by atoms with Crippen LogP contribution in [-0.4, -0.2) is 45.2 Å². The number of rotatable bonds is 3. The van der Waals surface area contributed by atoms with E-state index in [1.165, 1.54) is 4.90 Å². The summed E-state index contributed by atoms with van der Waals surface area (Å²) in [6, 6.07) is 7.02. The lowest BCUT2D eigenvalue weighted by Gasteiger charge is -2.15. The van der Waals surface area contributed by atoms with Crippen molar-refractivity contribution in [1.82, 2.24) is 19.3 Å². The fraction of sp³-hybridized carbons (Fsp3) is 0.222. The molecule has 0 aliphatic rings. The SMILES string of the molecule is Cc1nc2ncccn2c1C(=O)Nc1cccc(C(=O)N(C)C)c1C. The first-order chi connectivity index (χ1) is 11.9. The van der Waals surface area contributed by atoms with Gasteiger partial charge in [0.05, 0.1) is 5.69 Å². The minimum Gasteiger partial charge on any atom is -0.345 e. The molecule has 0 unspecified atom stereocenters. The van der Waals surface area contributed by atoms with Crippen LogP contribution in [0.15, 0.2) is 36.7 Å². The smallest absolute Gasteiger partial charge is 0.274 e. The minimum atomic E-state index is -0.296. The quantitative estimate of drug-likeness (QED) is 0.795. The molecule has 0 spiro atoms. The molecule has 0 radical (unpaired) electrons. The number of nitrogens with zero attached hydrogens (tertiary/aromatic N) is 4. The van der Waals surface area contributed by atoms with Gasteiger partial charge in [-0.25, -0.2) is 9.97 Å². The number of imidazole rings is 1. The number of anilines is 1. The van der Waals surface area contributed by atoms with E-state index in [2.05, 4.69) is 15.3 Å². The lowest BCUT2D eigenvalue weighted by atomic mass is 10.1. The molecule has 1 aromatic carbocycles. The molecule has 0 atom stereocenters. The number of nitrogens with one attached hydrogen (secondary N) is 1. The van der Waals surface area contributed by atoms with Gasteiger partial charge in [0.15, 0.2) is 0 Å². The second kappa shape index (κ2) is 6.35. The van der Waals surface area contributed by atoms with E-state index < -0.39 is 0 Å². The van der Waals surface area contributed by atoms with E-state index in [0.29, 0.717) is 28.4 Å². The van der Waals surface area contributed by atoms with Crippen LogP contribution in [0.4, 0.5) is 5.69 Å². The first-order valence-electron chi connectivity index (χ1n) is 7.82. The van der Waals surface area contributed by atoms with Gasteiger partial charge in [-0.15, -0.1) is 0 Å². The Bertz CT molecular complexity index is 975. The number of carbonyl (C=O) groups is 2. The molecule has 0 aliphatic carbocycles. The van der Waals surface area contributed by atoms with Gasteiger partial charge in [-0.3, -0.25) is 14.0 Å². The van der Waals surface area contributed by atoms with Gasteiger partial charge in [0.25, 0.3) is 11.8 Å². The molecule has 25 heavy (non-hydrogen) atoms. The molecule has 3 rings (SSSR count). The second-order valence-corrected chi connectivity index (χ2v) is 5.97. The third-order valence-corrected chi connectivity index (χ3v) is 4.01. The lowest BCUT2D eigenvalue weighted by molar-refractivity contribution is 0.0826. The minimum absolute atomic E-state index is 0.108. The molecule has 0 bridgehead atoms. The van der Waals surface area contributed by atoms with Gasteiger partial charge < -0.3 is 10.2 Å². The van der Waals surface area contributed by atoms with Gasteiger partial charge in [0.2, 0.25) is 5.78 Å². The van der Waals surface area contributed by atoms with Gasteiger partial charge in [0, 0.05) is 37.7 Å². The monoisotopic (exact) mass is 337 g/mol. The fourth-order valence-corrected chi connectivity index (χ4v) is 2.70. The number of aromatic nitrogens is 3. The highest BCUT2D eigenvalue weighted by Crippen LogP contribution is 2.21. The molecule has 2 aromatic heterocycles. The Labute approximate surface area is 145 Å². The van der Waals surface area contributed by atoms with Crippen molar-refractivity contribution in [3.63, 3.8) is 0 Å². The summed E-state index contributed by atoms with van der Waals surface area (Å²) in [4.78, 5) is 35.0. The van der Waals surface area contributed by atoms with Crippen molar-refractivity contribution in [2.45, 2.75) is 13.8 Å². The van der Waals surface area contributed by atoms with Crippen LogP contribution in [0.2, 0.25) is 0 Å². The molecule has 3 aromatic rings. The van der Waals surface area contributed by atoms with Crippen molar-refractivity contribution in [3.05, 3.63) is 59.2 Å². The first-order valence-corrected chi connectivity index (χ1v) is 7.82. The van der Waals surface area contributed by atoms with Crippen LogP contribution >= 0.6 is 0 Å². The molecule has 2 heterocycles. The number of hydrogen-bond donors (Lipinski definition) is 1. The zero-order chi connectivity index (χ0) is 18.1. The van der Waals surface area contributed by atoms with E-state index in [9.17, 15) is 9.59 Å². The maximum absolute atomic E-state index is 12.8. The van der Waals surface area contributed by atoms with Gasteiger partial charge >= 0.3 is 0 Å². The average Bonchev–Trinajstić information content (AvgIpc) is 2.91. The summed E-state index contributed by atoms with van der Waals surface area (Å²) in [5, 5.41) is 2.88. The Hall–Kier alpha value is -3.22. The molecule has 0 saturated carbocycles. The van der Waals surface area contributed by atoms with Gasteiger partial charge in [0.1, 0.15) is 5.69 Å². The summed E-state index contributed by atoms with van der Waals surface area (Å²) in [5.41, 5.74) is 2.88. The normalized spacial score (nSPS) is 10.7. The van der Waals surface area contributed by atoms with Gasteiger partial charge in [-0.05, 0) is 37.6 Å². The van der Waals surface area contributed by atoms with Crippen molar-refractivity contribution < 1.29 is 9.59 Å². The Morgan fingerprint density at radius 2 is 1.92 bits per heavy atom. The summed E-state index contributed by atoms with van der Waals surface area (Å²) in [5.74, 6) is 0.0674. The van der Waals surface area contributed by atoms with Crippen LogP contribution in [0.5, 0.6) is 0 Å². The summed E-state index contributed by atoms with van der Waals surface area (Å²) in [6.45, 7) is 3.58. The largest absolute Gasteiger partial charge is 0.345 e. The van der Waals surface area contributed by atoms with E-state index in [4.69, 9.17) is 0 Å². The number of aryl methyl sites for hydroxylation is 1. The molecule has 0 fully saturated rings. The molecule has 7 nitrogen and oxygen atoms in total. The highest BCUT2D eigenvalue weighted by molar-refractivity contribution is 6.06. The van der Waals surface area contributed by atoms with E-state index >= 15 is 0 Å². The highest BCUT2D eigenvalue weighted by atomic mass is 16.2. The zero-order valence-electron chi connectivity index (χ0n) is 14.6. The number of benzene rings is 1. The standard InChI is InChI=1S/C18H19N5O2/c1-11-13(17(25)22(3)4)7-5-8-14(11)21-16(24)15-12(2)20-18-19-9-6-10-23(15)18/h5-10H,1-4H3,(H,21,24). The molecular weight excluding hydrogens is 318 g/mol. The summed E-state index contributed by atoms with van der Waals surface area (Å²) >= 11 is 0. The van der Waals surface area contributed by atoms with Crippen LogP contribution in [0.25, 0.3) is 5.78 Å². The van der Waals surface area contributed by atoms with E-state index in [1.807, 2.05) is 6.92 Å². The first kappa shape index (κ1) is 16.6. The average molecular weight is 337 g/mol. The Balaban J connectivity index is 1.97. The lowest BCUT2D eigenvalue weighted by Crippen LogP contribution is -2.23. The van der Waals surface area contributed by atoms with Crippen molar-refractivity contribution >= 4 is 23.3 Å². The van der Waals surface area contributed by atoms with E-state index in [1.54, 1.807) is 62.1 Å². The van der Waals surface area contributed by atoms with Crippen molar-refractivity contribution in [1.29, 1.82) is 0 Å². The number of amides is 2. The van der Waals surface area contributed by atoms with Crippen molar-refractivity contribution in [2.24, 2.45) is 0 Å². The predicted molar refractivity (Wildman–Crippen MR) is 94.9 cm³/mol. The van der Waals surface area contributed by atoms with Crippen LogP contribution in [0.3, 0.4) is 0 Å². The topological polar surface area (TPSA) is 79.6 Å². The van der Waals surface area contributed by atoms with Crippen LogP contribution < -0.4 is 5.32 Å². The maximum atomic E-state index is 12.8. The molecule has 1 N–H and O–H groups in total. The zero-order valence-corrected chi connectivity index (χ0v) is 14.6. The van der Waals surface area contributed by atoms with E-state index in [0.717, 1.165) is 5.56 Å². The van der Waals surface area contributed by atoms with Crippen LogP contribution in [0.1, 0.15) is 32.1 Å². The second-order valence-electron chi connectivity index (χ2n) is 5.97. The molecule has 2 amide bonds. The third-order valence-electron chi connectivity index (χ3n) is 4.01. The Morgan fingerprint density at radius 1 is 1.16 bits per heavy atom. The number of hydrogen-bond acceptors (Lipinski definition) is 4. The number of carbonyl (C=O) groups excluding carboxylic acids is 2. The Morgan fingerprint density at radius 3 is 2.64 bits per heavy atom. The summed E-state index contributed by atoms with van der Waals surface area (Å²) in [7, 11) is 3.39. The predicted octanol–water partition coefficient (Wildman–Crippen LogP) is 2.30. The molecule has 7 heteroatoms. The van der Waals surface area contributed by atoms with Crippen LogP contribution in [-0.2, 0) is 0 Å². The van der Waals surface area contributed by atoms with Crippen molar-refractivity contribution in [2.75, 3.05) is 19.4 Å². The number of fused-ring (bicyclic) bond motifs is 1. The maximum Gasteiger partial charge on any atom is 0.274 e. The highest BCUT2D eigenvalue weighted by Gasteiger charge is 2.19. The van der Waals surface area contributed by atoms with E-state index in [-0.39, 0.29) is 11.8 Å². The third kappa shape index (κ3) is 2.96. The van der Waals surface area contributed by atoms with Gasteiger partial charge in [-0.1, -0.05) is 6.07 Å². The fourth-order valence-electron chi connectivity index (χ4n) is 2.70. The molecule has 128 valence electrons. The molecule has 0 aliphatic heterocycles. The molecular formula is C18H19N5O2. The Kier molecular flexibility index (Phi) is 4.22. The van der Waals surface area contributed by atoms with Crippen LogP contribution in [0, 0.1) is 13.8 Å². The summed E-state index contributed by atoms with van der Waals surface area (Å²) < 4.78 is 1.65.